The van der Waals surface area contributed by atoms with Crippen molar-refractivity contribution in [3.63, 3.8) is 0 Å². The predicted molar refractivity (Wildman–Crippen MR) is 33.8 cm³/mol. The molecule has 2 aliphatic rings. The van der Waals surface area contributed by atoms with Gasteiger partial charge < -0.3 is 5.32 Å². The van der Waals surface area contributed by atoms with E-state index in [0.717, 1.165) is 12.8 Å². The predicted octanol–water partition coefficient (Wildman–Crippen LogP) is 0.451. The Hall–Kier alpha value is -0.790. The van der Waals surface area contributed by atoms with Crippen LogP contribution in [0.3, 0.4) is 0 Å². The van der Waals surface area contributed by atoms with Crippen molar-refractivity contribution < 1.29 is 4.79 Å². The second-order valence-electron chi connectivity index (χ2n) is 2.71. The lowest BCUT2D eigenvalue weighted by atomic mass is 9.97. The lowest BCUT2D eigenvalue weighted by molar-refractivity contribution is -0.121. The molecule has 1 heterocycles. The van der Waals surface area contributed by atoms with E-state index in [4.69, 9.17) is 0 Å². The maximum atomic E-state index is 10.9. The third kappa shape index (κ3) is 0.661. The molecule has 0 aromatic carbocycles. The number of hydrogen-bond acceptors (Lipinski definition) is 1. The monoisotopic (exact) mass is 123 g/mol. The minimum absolute atomic E-state index is 0.198. The minimum Gasteiger partial charge on any atom is -0.353 e. The second kappa shape index (κ2) is 1.59. The van der Waals surface area contributed by atoms with E-state index in [0.29, 0.717) is 6.04 Å². The average Bonchev–Trinajstić information content (AvgIpc) is 2.09. The summed E-state index contributed by atoms with van der Waals surface area (Å²) < 4.78 is 0. The van der Waals surface area contributed by atoms with Crippen molar-refractivity contribution in [1.82, 2.24) is 5.32 Å². The zero-order chi connectivity index (χ0) is 6.27. The van der Waals surface area contributed by atoms with Gasteiger partial charge in [0.2, 0.25) is 5.91 Å². The van der Waals surface area contributed by atoms with Gasteiger partial charge in [-0.1, -0.05) is 12.2 Å². The highest BCUT2D eigenvalue weighted by Gasteiger charge is 2.31. The zero-order valence-corrected chi connectivity index (χ0v) is 5.13. The van der Waals surface area contributed by atoms with E-state index in [2.05, 4.69) is 11.4 Å². The van der Waals surface area contributed by atoms with Gasteiger partial charge >= 0.3 is 0 Å². The van der Waals surface area contributed by atoms with Crippen LogP contribution in [-0.4, -0.2) is 11.9 Å². The summed E-state index contributed by atoms with van der Waals surface area (Å²) in [5.74, 6) is 0.414. The Bertz CT molecular complexity index is 174. The van der Waals surface area contributed by atoms with Gasteiger partial charge in [0, 0.05) is 6.04 Å². The average molecular weight is 123 g/mol. The number of hydrogen-bond donors (Lipinski definition) is 1. The van der Waals surface area contributed by atoms with E-state index in [-0.39, 0.29) is 11.8 Å². The van der Waals surface area contributed by atoms with Crippen molar-refractivity contribution in [2.75, 3.05) is 0 Å². The zero-order valence-electron chi connectivity index (χ0n) is 5.13. The molecular formula is C7H9NO. The van der Waals surface area contributed by atoms with Crippen molar-refractivity contribution in [3.05, 3.63) is 12.2 Å². The summed E-state index contributed by atoms with van der Waals surface area (Å²) in [6, 6.07) is 0.451. The molecule has 9 heavy (non-hydrogen) atoms. The first kappa shape index (κ1) is 5.03. The minimum atomic E-state index is 0.198. The molecule has 0 unspecified atom stereocenters. The lowest BCUT2D eigenvalue weighted by Gasteiger charge is -2.07. The first-order chi connectivity index (χ1) is 4.36. The molecule has 0 radical (unpaired) electrons. The van der Waals surface area contributed by atoms with Crippen LogP contribution in [0, 0.1) is 5.92 Å². The van der Waals surface area contributed by atoms with Gasteiger partial charge in [0.15, 0.2) is 0 Å². The number of carbonyl (C=O) groups excluding carboxylic acids is 1. The summed E-state index contributed by atoms with van der Waals surface area (Å²) in [5, 5.41) is 2.91. The molecule has 0 aromatic rings. The van der Waals surface area contributed by atoms with Gasteiger partial charge in [0.25, 0.3) is 0 Å². The first-order valence-corrected chi connectivity index (χ1v) is 3.33. The number of fused-ring (bicyclic) bond motifs is 2. The van der Waals surface area contributed by atoms with E-state index >= 15 is 0 Å². The molecule has 0 aromatic heterocycles. The van der Waals surface area contributed by atoms with Crippen molar-refractivity contribution in [2.24, 2.45) is 5.92 Å². The Morgan fingerprint density at radius 2 is 2.56 bits per heavy atom. The van der Waals surface area contributed by atoms with Crippen LogP contribution >= 0.6 is 0 Å². The van der Waals surface area contributed by atoms with Gasteiger partial charge in [-0.25, -0.2) is 0 Å². The number of rotatable bonds is 0. The number of amides is 1. The van der Waals surface area contributed by atoms with Gasteiger partial charge in [0.1, 0.15) is 0 Å². The van der Waals surface area contributed by atoms with Gasteiger partial charge in [-0.2, -0.15) is 0 Å². The van der Waals surface area contributed by atoms with Crippen LogP contribution in [0.4, 0.5) is 0 Å². The topological polar surface area (TPSA) is 29.1 Å². The Balaban J connectivity index is 2.27. The summed E-state index contributed by atoms with van der Waals surface area (Å²) in [6.45, 7) is 0. The summed E-state index contributed by atoms with van der Waals surface area (Å²) in [4.78, 5) is 10.9. The molecule has 1 aliphatic carbocycles. The third-order valence-electron chi connectivity index (χ3n) is 2.01. The molecule has 1 fully saturated rings. The fraction of sp³-hybridized carbons (Fsp3) is 0.571. The van der Waals surface area contributed by atoms with E-state index < -0.39 is 0 Å². The van der Waals surface area contributed by atoms with E-state index in [1.54, 1.807) is 0 Å². The van der Waals surface area contributed by atoms with Crippen LogP contribution in [0.2, 0.25) is 0 Å². The Morgan fingerprint density at radius 3 is 3.22 bits per heavy atom. The summed E-state index contributed by atoms with van der Waals surface area (Å²) in [7, 11) is 0. The summed E-state index contributed by atoms with van der Waals surface area (Å²) in [5.41, 5.74) is 0. The largest absolute Gasteiger partial charge is 0.353 e. The maximum Gasteiger partial charge on any atom is 0.227 e. The Kier molecular flexibility index (Phi) is 0.891. The SMILES string of the molecule is O=C1N[C@@H]2CC=C[C@H]1C2. The molecule has 48 valence electrons. The highest BCUT2D eigenvalue weighted by Crippen LogP contribution is 2.23. The molecule has 1 amide bonds. The number of nitrogens with one attached hydrogen (secondary N) is 1. The molecule has 0 saturated carbocycles. The molecule has 1 saturated heterocycles. The van der Waals surface area contributed by atoms with E-state index in [1.807, 2.05) is 6.08 Å². The van der Waals surface area contributed by atoms with E-state index in [9.17, 15) is 4.79 Å². The van der Waals surface area contributed by atoms with Gasteiger partial charge in [-0.05, 0) is 12.8 Å². The maximum absolute atomic E-state index is 10.9. The molecule has 2 nitrogen and oxygen atoms in total. The Morgan fingerprint density at radius 1 is 1.67 bits per heavy atom. The molecule has 1 N–H and O–H groups in total. The van der Waals surface area contributed by atoms with Crippen LogP contribution in [0.15, 0.2) is 12.2 Å². The van der Waals surface area contributed by atoms with E-state index in [1.165, 1.54) is 0 Å². The first-order valence-electron chi connectivity index (χ1n) is 3.33. The van der Waals surface area contributed by atoms with Gasteiger partial charge in [0.05, 0.1) is 5.92 Å². The molecule has 2 atom stereocenters. The molecular weight excluding hydrogens is 114 g/mol. The van der Waals surface area contributed by atoms with Crippen molar-refractivity contribution in [1.29, 1.82) is 0 Å². The molecule has 0 spiro atoms. The fourth-order valence-corrected chi connectivity index (χ4v) is 1.51. The van der Waals surface area contributed by atoms with Crippen molar-refractivity contribution >= 4 is 5.91 Å². The van der Waals surface area contributed by atoms with Gasteiger partial charge in [-0.15, -0.1) is 0 Å². The second-order valence-corrected chi connectivity index (χ2v) is 2.71. The third-order valence-corrected chi connectivity index (χ3v) is 2.01. The van der Waals surface area contributed by atoms with Crippen LogP contribution in [0.5, 0.6) is 0 Å². The van der Waals surface area contributed by atoms with Crippen LogP contribution < -0.4 is 5.32 Å². The molecule has 2 rings (SSSR count). The highest BCUT2D eigenvalue weighted by molar-refractivity contribution is 5.83. The molecule has 2 heteroatoms. The standard InChI is InChI=1S/C7H9NO/c9-7-5-2-1-3-6(4-5)8-7/h1-2,5-6H,3-4H2,(H,8,9)/t5-,6+/m0/s1. The Labute approximate surface area is 53.9 Å². The fourth-order valence-electron chi connectivity index (χ4n) is 1.51. The van der Waals surface area contributed by atoms with Crippen molar-refractivity contribution in [3.8, 4) is 0 Å². The van der Waals surface area contributed by atoms with Crippen molar-refractivity contribution in [2.45, 2.75) is 18.9 Å². The molecule has 2 bridgehead atoms. The summed E-state index contributed by atoms with van der Waals surface area (Å²) >= 11 is 0. The summed E-state index contributed by atoms with van der Waals surface area (Å²) in [6.07, 6.45) is 6.16. The number of carbonyl (C=O) groups is 1. The van der Waals surface area contributed by atoms with Crippen LogP contribution in [0.1, 0.15) is 12.8 Å². The molecule has 1 aliphatic heterocycles. The van der Waals surface area contributed by atoms with Crippen LogP contribution in [-0.2, 0) is 4.79 Å². The smallest absolute Gasteiger partial charge is 0.227 e. The normalized spacial score (nSPS) is 38.9. The quantitative estimate of drug-likeness (QED) is 0.465. The lowest BCUT2D eigenvalue weighted by Crippen LogP contribution is -2.24. The van der Waals surface area contributed by atoms with Gasteiger partial charge in [-0.3, -0.25) is 4.79 Å². The highest BCUT2D eigenvalue weighted by atomic mass is 16.2. The van der Waals surface area contributed by atoms with Crippen LogP contribution in [0.25, 0.3) is 0 Å².